The summed E-state index contributed by atoms with van der Waals surface area (Å²) in [6.07, 6.45) is 0. The Bertz CT molecular complexity index is 550. The fourth-order valence-electron chi connectivity index (χ4n) is 3.80. The highest BCUT2D eigenvalue weighted by atomic mass is 15.3. The summed E-state index contributed by atoms with van der Waals surface area (Å²) < 4.78 is 0. The molecular formula is C20H33N5. The number of guanidine groups is 1. The van der Waals surface area contributed by atoms with E-state index < -0.39 is 0 Å². The van der Waals surface area contributed by atoms with Crippen molar-refractivity contribution >= 4 is 5.96 Å². The van der Waals surface area contributed by atoms with Crippen molar-refractivity contribution < 1.29 is 0 Å². The van der Waals surface area contributed by atoms with Crippen LogP contribution in [-0.4, -0.2) is 73.7 Å². The van der Waals surface area contributed by atoms with Crippen LogP contribution in [0.1, 0.15) is 32.3 Å². The number of nitrogens with one attached hydrogen (secondary N) is 2. The highest BCUT2D eigenvalue weighted by molar-refractivity contribution is 5.80. The maximum atomic E-state index is 4.90. The van der Waals surface area contributed by atoms with Gasteiger partial charge in [0.15, 0.2) is 5.96 Å². The molecule has 0 aromatic heterocycles. The summed E-state index contributed by atoms with van der Waals surface area (Å²) in [6.45, 7) is 14.4. The number of benzene rings is 1. The first-order valence-corrected chi connectivity index (χ1v) is 9.73. The normalized spacial score (nSPS) is 28.4. The van der Waals surface area contributed by atoms with E-state index in [2.05, 4.69) is 71.5 Å². The third-order valence-corrected chi connectivity index (χ3v) is 5.64. The molecule has 5 nitrogen and oxygen atoms in total. The van der Waals surface area contributed by atoms with Gasteiger partial charge in [-0.2, -0.15) is 0 Å². The predicted molar refractivity (Wildman–Crippen MR) is 105 cm³/mol. The third kappa shape index (κ3) is 4.73. The smallest absolute Gasteiger partial charge is 0.191 e. The number of rotatable bonds is 6. The van der Waals surface area contributed by atoms with Gasteiger partial charge >= 0.3 is 0 Å². The number of aliphatic imine (C=N–C) groups is 1. The molecule has 1 aromatic rings. The number of fused-ring (bicyclic) bond motifs is 3. The van der Waals surface area contributed by atoms with Crippen LogP contribution in [0, 0.1) is 0 Å². The molecule has 1 aromatic carbocycles. The quantitative estimate of drug-likeness (QED) is 0.610. The fourth-order valence-corrected chi connectivity index (χ4v) is 3.80. The summed E-state index contributed by atoms with van der Waals surface area (Å²) in [7, 11) is 0. The van der Waals surface area contributed by atoms with Gasteiger partial charge in [-0.1, -0.05) is 37.3 Å². The van der Waals surface area contributed by atoms with Crippen LogP contribution in [-0.2, 0) is 0 Å². The van der Waals surface area contributed by atoms with Gasteiger partial charge in [-0.15, -0.1) is 0 Å². The Labute approximate surface area is 152 Å². The number of nitrogens with zero attached hydrogens (tertiary/aromatic N) is 3. The van der Waals surface area contributed by atoms with Gasteiger partial charge in [-0.25, -0.2) is 0 Å². The average Bonchev–Trinajstić information content (AvgIpc) is 2.67. The zero-order valence-electron chi connectivity index (χ0n) is 15.9. The Morgan fingerprint density at radius 2 is 1.88 bits per heavy atom. The predicted octanol–water partition coefficient (Wildman–Crippen LogP) is 1.73. The Hall–Kier alpha value is -1.59. The van der Waals surface area contributed by atoms with Gasteiger partial charge in [-0.05, 0) is 19.4 Å². The van der Waals surface area contributed by atoms with E-state index >= 15 is 0 Å². The molecule has 4 rings (SSSR count). The fraction of sp³-hybridized carbons (Fsp3) is 0.650. The molecule has 138 valence electrons. The number of hydrogen-bond acceptors (Lipinski definition) is 3. The molecule has 5 heteroatoms. The van der Waals surface area contributed by atoms with Gasteiger partial charge in [0, 0.05) is 57.3 Å². The van der Waals surface area contributed by atoms with Crippen LogP contribution < -0.4 is 10.6 Å². The third-order valence-electron chi connectivity index (χ3n) is 5.64. The van der Waals surface area contributed by atoms with E-state index in [9.17, 15) is 0 Å². The largest absolute Gasteiger partial charge is 0.357 e. The van der Waals surface area contributed by atoms with Gasteiger partial charge in [0.05, 0.1) is 6.54 Å². The van der Waals surface area contributed by atoms with Crippen LogP contribution in [0.4, 0.5) is 0 Å². The van der Waals surface area contributed by atoms with Crippen LogP contribution in [0.15, 0.2) is 35.3 Å². The second-order valence-electron chi connectivity index (χ2n) is 7.34. The average molecular weight is 344 g/mol. The summed E-state index contributed by atoms with van der Waals surface area (Å²) in [4.78, 5) is 10.1. The maximum absolute atomic E-state index is 4.90. The summed E-state index contributed by atoms with van der Waals surface area (Å²) >= 11 is 0. The Morgan fingerprint density at radius 1 is 1.16 bits per heavy atom. The molecule has 3 fully saturated rings. The summed E-state index contributed by atoms with van der Waals surface area (Å²) in [5, 5.41) is 7.02. The Morgan fingerprint density at radius 3 is 2.48 bits per heavy atom. The molecule has 3 atom stereocenters. The lowest BCUT2D eigenvalue weighted by atomic mass is 9.94. The van der Waals surface area contributed by atoms with Gasteiger partial charge in [0.2, 0.25) is 0 Å². The van der Waals surface area contributed by atoms with E-state index in [0.717, 1.165) is 19.0 Å². The lowest BCUT2D eigenvalue weighted by molar-refractivity contribution is 0.0174. The molecule has 0 radical (unpaired) electrons. The Balaban J connectivity index is 1.58. The molecule has 3 aliphatic rings. The van der Waals surface area contributed by atoms with E-state index in [-0.39, 0.29) is 0 Å². The zero-order valence-corrected chi connectivity index (χ0v) is 15.9. The lowest BCUT2D eigenvalue weighted by Gasteiger charge is -2.47. The number of piperazine rings is 3. The van der Waals surface area contributed by atoms with E-state index in [1.54, 1.807) is 0 Å². The van der Waals surface area contributed by atoms with Crippen molar-refractivity contribution in [2.45, 2.75) is 38.8 Å². The van der Waals surface area contributed by atoms with E-state index in [0.29, 0.717) is 18.0 Å². The van der Waals surface area contributed by atoms with Gasteiger partial charge < -0.3 is 10.6 Å². The van der Waals surface area contributed by atoms with Crippen LogP contribution in [0.2, 0.25) is 0 Å². The highest BCUT2D eigenvalue weighted by Crippen LogP contribution is 2.19. The first-order valence-electron chi connectivity index (χ1n) is 9.73. The van der Waals surface area contributed by atoms with Crippen LogP contribution >= 0.6 is 0 Å². The molecule has 0 amide bonds. The zero-order chi connectivity index (χ0) is 17.6. The molecule has 2 N–H and O–H groups in total. The molecular weight excluding hydrogens is 310 g/mol. The summed E-state index contributed by atoms with van der Waals surface area (Å²) in [6, 6.07) is 11.6. The Kier molecular flexibility index (Phi) is 6.32. The molecule has 0 saturated carbocycles. The first kappa shape index (κ1) is 18.2. The second kappa shape index (κ2) is 8.68. The van der Waals surface area contributed by atoms with Gasteiger partial charge in [0.25, 0.3) is 0 Å². The molecule has 3 aliphatic heterocycles. The highest BCUT2D eigenvalue weighted by Gasteiger charge is 2.31. The molecule has 3 saturated heterocycles. The minimum atomic E-state index is 0.326. The summed E-state index contributed by atoms with van der Waals surface area (Å²) in [5.74, 6) is 1.38. The van der Waals surface area contributed by atoms with E-state index in [1.165, 1.54) is 38.3 Å². The maximum Gasteiger partial charge on any atom is 0.191 e. The lowest BCUT2D eigenvalue weighted by Crippen LogP contribution is -2.62. The molecule has 3 unspecified atom stereocenters. The topological polar surface area (TPSA) is 42.9 Å². The molecule has 3 heterocycles. The summed E-state index contributed by atoms with van der Waals surface area (Å²) in [5.41, 5.74) is 1.36. The molecule has 25 heavy (non-hydrogen) atoms. The standard InChI is InChI=1S/C20H33N5/c1-4-21-20(22-14-19-15-24-10-12-25(19)13-11-24)23-17(3)16(2)18-8-6-5-7-9-18/h5-9,16-17,19H,4,10-15H2,1-3H3,(H2,21,22,23). The van der Waals surface area contributed by atoms with Crippen molar-refractivity contribution in [1.82, 2.24) is 20.4 Å². The molecule has 0 aliphatic carbocycles. The SMILES string of the molecule is CCNC(=NCC1CN2CCN1CC2)NC(C)C(C)c1ccccc1. The van der Waals surface area contributed by atoms with Crippen molar-refractivity contribution in [2.75, 3.05) is 45.8 Å². The van der Waals surface area contributed by atoms with Crippen molar-refractivity contribution in [1.29, 1.82) is 0 Å². The van der Waals surface area contributed by atoms with Gasteiger partial charge in [-0.3, -0.25) is 14.8 Å². The monoisotopic (exact) mass is 343 g/mol. The van der Waals surface area contributed by atoms with Crippen molar-refractivity contribution in [3.05, 3.63) is 35.9 Å². The minimum absolute atomic E-state index is 0.326. The molecule has 2 bridgehead atoms. The van der Waals surface area contributed by atoms with Crippen LogP contribution in [0.25, 0.3) is 0 Å². The first-order chi connectivity index (χ1) is 12.2. The van der Waals surface area contributed by atoms with Crippen molar-refractivity contribution in [3.8, 4) is 0 Å². The van der Waals surface area contributed by atoms with Crippen molar-refractivity contribution in [2.24, 2.45) is 4.99 Å². The van der Waals surface area contributed by atoms with Crippen molar-refractivity contribution in [3.63, 3.8) is 0 Å². The van der Waals surface area contributed by atoms with Crippen LogP contribution in [0.3, 0.4) is 0 Å². The van der Waals surface area contributed by atoms with Crippen LogP contribution in [0.5, 0.6) is 0 Å². The molecule has 0 spiro atoms. The van der Waals surface area contributed by atoms with E-state index in [4.69, 9.17) is 4.99 Å². The minimum Gasteiger partial charge on any atom is -0.357 e. The van der Waals surface area contributed by atoms with E-state index in [1.807, 2.05) is 0 Å². The second-order valence-corrected chi connectivity index (χ2v) is 7.34. The number of hydrogen-bond donors (Lipinski definition) is 2. The van der Waals surface area contributed by atoms with Gasteiger partial charge in [0.1, 0.15) is 0 Å².